The Bertz CT molecular complexity index is 1050. The molecule has 9 heteroatoms. The molecular formula is C18H19N3O5S. The maximum atomic E-state index is 12.5. The SMILES string of the molecule is COc1ccc(S(=O)(=O)NCc2nc(-c3ccccc3OC)no2)cc1C. The monoisotopic (exact) mass is 389 g/mol. The van der Waals surface area contributed by atoms with Gasteiger partial charge >= 0.3 is 0 Å². The second kappa shape index (κ2) is 7.77. The molecule has 0 unspecified atom stereocenters. The smallest absolute Gasteiger partial charge is 0.242 e. The van der Waals surface area contributed by atoms with Crippen LogP contribution >= 0.6 is 0 Å². The molecule has 2 aromatic carbocycles. The average molecular weight is 389 g/mol. The van der Waals surface area contributed by atoms with Gasteiger partial charge in [0.2, 0.25) is 21.7 Å². The zero-order chi connectivity index (χ0) is 19.4. The van der Waals surface area contributed by atoms with Gasteiger partial charge in [0.1, 0.15) is 11.5 Å². The van der Waals surface area contributed by atoms with Crippen LogP contribution in [0.5, 0.6) is 11.5 Å². The summed E-state index contributed by atoms with van der Waals surface area (Å²) in [7, 11) is -0.654. The van der Waals surface area contributed by atoms with Crippen molar-refractivity contribution < 1.29 is 22.4 Å². The van der Waals surface area contributed by atoms with E-state index in [1.54, 1.807) is 32.2 Å². The fraction of sp³-hybridized carbons (Fsp3) is 0.222. The van der Waals surface area contributed by atoms with Crippen LogP contribution < -0.4 is 14.2 Å². The molecule has 1 aromatic heterocycles. The van der Waals surface area contributed by atoms with Gasteiger partial charge in [-0.2, -0.15) is 4.98 Å². The highest BCUT2D eigenvalue weighted by Crippen LogP contribution is 2.27. The number of rotatable bonds is 7. The van der Waals surface area contributed by atoms with E-state index in [0.29, 0.717) is 22.9 Å². The highest BCUT2D eigenvalue weighted by Gasteiger charge is 2.18. The molecule has 0 amide bonds. The van der Waals surface area contributed by atoms with Gasteiger partial charge in [-0.15, -0.1) is 0 Å². The van der Waals surface area contributed by atoms with Crippen LogP contribution in [0.2, 0.25) is 0 Å². The number of aryl methyl sites for hydroxylation is 1. The van der Waals surface area contributed by atoms with Gasteiger partial charge in [0.25, 0.3) is 0 Å². The number of nitrogens with zero attached hydrogens (tertiary/aromatic N) is 2. The molecule has 0 saturated carbocycles. The highest BCUT2D eigenvalue weighted by molar-refractivity contribution is 7.89. The number of ether oxygens (including phenoxy) is 2. The van der Waals surface area contributed by atoms with Gasteiger partial charge in [-0.3, -0.25) is 0 Å². The summed E-state index contributed by atoms with van der Waals surface area (Å²) in [6, 6.07) is 11.8. The molecule has 0 saturated heterocycles. The molecule has 27 heavy (non-hydrogen) atoms. The summed E-state index contributed by atoms with van der Waals surface area (Å²) < 4.78 is 43.0. The Balaban J connectivity index is 1.75. The van der Waals surface area contributed by atoms with Gasteiger partial charge in [0.05, 0.1) is 31.2 Å². The quantitative estimate of drug-likeness (QED) is 0.662. The van der Waals surface area contributed by atoms with Crippen molar-refractivity contribution in [3.63, 3.8) is 0 Å². The van der Waals surface area contributed by atoms with Gasteiger partial charge in [0.15, 0.2) is 0 Å². The molecule has 0 fully saturated rings. The maximum absolute atomic E-state index is 12.5. The van der Waals surface area contributed by atoms with E-state index < -0.39 is 10.0 Å². The largest absolute Gasteiger partial charge is 0.496 e. The lowest BCUT2D eigenvalue weighted by Gasteiger charge is -2.08. The number of methoxy groups -OCH3 is 2. The summed E-state index contributed by atoms with van der Waals surface area (Å²) in [5.41, 5.74) is 1.38. The first kappa shape index (κ1) is 18.9. The summed E-state index contributed by atoms with van der Waals surface area (Å²) in [5, 5.41) is 3.89. The van der Waals surface area contributed by atoms with Crippen LogP contribution in [0.4, 0.5) is 0 Å². The molecular weight excluding hydrogens is 370 g/mol. The first-order valence-corrected chi connectivity index (χ1v) is 9.53. The molecule has 8 nitrogen and oxygen atoms in total. The molecule has 0 aliphatic carbocycles. The van der Waals surface area contributed by atoms with Crippen molar-refractivity contribution in [3.8, 4) is 22.9 Å². The van der Waals surface area contributed by atoms with Gasteiger partial charge in [-0.1, -0.05) is 17.3 Å². The zero-order valence-corrected chi connectivity index (χ0v) is 15.9. The molecule has 0 radical (unpaired) electrons. The second-order valence-corrected chi connectivity index (χ2v) is 7.43. The minimum absolute atomic E-state index is 0.129. The normalized spacial score (nSPS) is 11.4. The molecule has 1 N–H and O–H groups in total. The molecule has 1 heterocycles. The van der Waals surface area contributed by atoms with Crippen molar-refractivity contribution in [2.45, 2.75) is 18.4 Å². The number of aromatic nitrogens is 2. The molecule has 0 aliphatic rings. The van der Waals surface area contributed by atoms with E-state index in [0.717, 1.165) is 5.56 Å². The van der Waals surface area contributed by atoms with E-state index in [2.05, 4.69) is 14.9 Å². The van der Waals surface area contributed by atoms with Gasteiger partial charge in [-0.25, -0.2) is 13.1 Å². The van der Waals surface area contributed by atoms with Gasteiger partial charge in [0, 0.05) is 0 Å². The Hall–Kier alpha value is -2.91. The van der Waals surface area contributed by atoms with Crippen LogP contribution in [0.25, 0.3) is 11.4 Å². The van der Waals surface area contributed by atoms with Crippen molar-refractivity contribution in [1.29, 1.82) is 0 Å². The molecule has 142 valence electrons. The molecule has 0 atom stereocenters. The summed E-state index contributed by atoms with van der Waals surface area (Å²) >= 11 is 0. The van der Waals surface area contributed by atoms with Crippen molar-refractivity contribution in [3.05, 3.63) is 53.9 Å². The van der Waals surface area contributed by atoms with E-state index in [1.807, 2.05) is 12.1 Å². The van der Waals surface area contributed by atoms with Crippen molar-refractivity contribution in [2.75, 3.05) is 14.2 Å². The van der Waals surface area contributed by atoms with Crippen LogP contribution in [0.15, 0.2) is 51.9 Å². The third-order valence-electron chi connectivity index (χ3n) is 3.91. The van der Waals surface area contributed by atoms with E-state index in [-0.39, 0.29) is 17.3 Å². The summed E-state index contributed by atoms with van der Waals surface area (Å²) in [5.74, 6) is 1.68. The van der Waals surface area contributed by atoms with Gasteiger partial charge in [-0.05, 0) is 42.8 Å². The second-order valence-electron chi connectivity index (χ2n) is 5.67. The third-order valence-corrected chi connectivity index (χ3v) is 5.30. The van der Waals surface area contributed by atoms with Crippen LogP contribution in [-0.2, 0) is 16.6 Å². The fourth-order valence-electron chi connectivity index (χ4n) is 2.52. The van der Waals surface area contributed by atoms with E-state index in [9.17, 15) is 8.42 Å². The Morgan fingerprint density at radius 1 is 1.07 bits per heavy atom. The Kier molecular flexibility index (Phi) is 5.43. The minimum atomic E-state index is -3.73. The zero-order valence-electron chi connectivity index (χ0n) is 15.1. The number of nitrogens with one attached hydrogen (secondary N) is 1. The predicted molar refractivity (Wildman–Crippen MR) is 98.0 cm³/mol. The number of hydrogen-bond donors (Lipinski definition) is 1. The summed E-state index contributed by atoms with van der Waals surface area (Å²) in [4.78, 5) is 4.36. The third kappa shape index (κ3) is 4.09. The van der Waals surface area contributed by atoms with Gasteiger partial charge < -0.3 is 14.0 Å². The lowest BCUT2D eigenvalue weighted by atomic mass is 10.2. The standard InChI is InChI=1S/C18H19N3O5S/c1-12-10-13(8-9-15(12)24-2)27(22,23)19-11-17-20-18(21-26-17)14-6-4-5-7-16(14)25-3/h4-10,19H,11H2,1-3H3. The number of para-hydroxylation sites is 1. The summed E-state index contributed by atoms with van der Waals surface area (Å²) in [6.45, 7) is 1.64. The number of hydrogen-bond acceptors (Lipinski definition) is 7. The van der Waals surface area contributed by atoms with Crippen molar-refractivity contribution in [1.82, 2.24) is 14.9 Å². The van der Waals surface area contributed by atoms with E-state index >= 15 is 0 Å². The van der Waals surface area contributed by atoms with E-state index in [1.165, 1.54) is 19.2 Å². The van der Waals surface area contributed by atoms with Crippen LogP contribution in [0.3, 0.4) is 0 Å². The number of benzene rings is 2. The Labute approximate surface area is 157 Å². The highest BCUT2D eigenvalue weighted by atomic mass is 32.2. The lowest BCUT2D eigenvalue weighted by Crippen LogP contribution is -2.23. The number of sulfonamides is 1. The fourth-order valence-corrected chi connectivity index (χ4v) is 3.58. The lowest BCUT2D eigenvalue weighted by molar-refractivity contribution is 0.375. The molecule has 0 aliphatic heterocycles. The Morgan fingerprint density at radius 2 is 1.81 bits per heavy atom. The molecule has 3 aromatic rings. The van der Waals surface area contributed by atoms with Crippen LogP contribution in [-0.4, -0.2) is 32.8 Å². The predicted octanol–water partition coefficient (Wildman–Crippen LogP) is 2.54. The van der Waals surface area contributed by atoms with E-state index in [4.69, 9.17) is 14.0 Å². The molecule has 0 bridgehead atoms. The van der Waals surface area contributed by atoms with Crippen molar-refractivity contribution in [2.24, 2.45) is 0 Å². The maximum Gasteiger partial charge on any atom is 0.242 e. The molecule has 0 spiro atoms. The van der Waals surface area contributed by atoms with Crippen LogP contribution in [0, 0.1) is 6.92 Å². The Morgan fingerprint density at radius 3 is 2.52 bits per heavy atom. The minimum Gasteiger partial charge on any atom is -0.496 e. The topological polar surface area (TPSA) is 104 Å². The van der Waals surface area contributed by atoms with Crippen molar-refractivity contribution >= 4 is 10.0 Å². The first-order chi connectivity index (χ1) is 12.9. The average Bonchev–Trinajstić information content (AvgIpc) is 3.15. The first-order valence-electron chi connectivity index (χ1n) is 8.05. The van der Waals surface area contributed by atoms with Crippen LogP contribution in [0.1, 0.15) is 11.5 Å². The molecule has 3 rings (SSSR count). The summed E-state index contributed by atoms with van der Waals surface area (Å²) in [6.07, 6.45) is 0.